The number of methoxy groups -OCH3 is 1. The fourth-order valence-electron chi connectivity index (χ4n) is 5.95. The number of esters is 1. The predicted octanol–water partition coefficient (Wildman–Crippen LogP) is 1.43. The van der Waals surface area contributed by atoms with Gasteiger partial charge in [0, 0.05) is 33.0 Å². The average Bonchev–Trinajstić information content (AvgIpc) is 3.01. The van der Waals surface area contributed by atoms with E-state index < -0.39 is 103 Å². The van der Waals surface area contributed by atoms with Crippen LogP contribution in [0.5, 0.6) is 0 Å². The van der Waals surface area contributed by atoms with Crippen molar-refractivity contribution in [3.8, 4) is 0 Å². The molecule has 0 aromatic carbocycles. The van der Waals surface area contributed by atoms with E-state index >= 15 is 0 Å². The van der Waals surface area contributed by atoms with Gasteiger partial charge in [0.25, 0.3) is 0 Å². The Balaban J connectivity index is 2.10. The maximum Gasteiger partial charge on any atom is 0.335 e. The van der Waals surface area contributed by atoms with Crippen molar-refractivity contribution in [2.45, 2.75) is 179 Å². The number of aliphatic hydroxyl groups excluding tert-OH is 4. The van der Waals surface area contributed by atoms with E-state index in [4.69, 9.17) is 37.9 Å². The van der Waals surface area contributed by atoms with Gasteiger partial charge in [0.05, 0.1) is 36.6 Å². The van der Waals surface area contributed by atoms with Gasteiger partial charge in [0.1, 0.15) is 42.7 Å². The molecule has 316 valence electrons. The van der Waals surface area contributed by atoms with E-state index in [1.54, 1.807) is 48.7 Å². The van der Waals surface area contributed by atoms with Crippen LogP contribution in [0.4, 0.5) is 0 Å². The fraction of sp³-hybridized carbons (Fsp3) is 0.919. The molecule has 0 saturated carbocycles. The number of aliphatic hydroxyl groups is 4. The summed E-state index contributed by atoms with van der Waals surface area (Å²) >= 11 is 0. The van der Waals surface area contributed by atoms with Crippen LogP contribution in [0.3, 0.4) is 0 Å². The molecule has 10 atom stereocenters. The average molecular weight is 782 g/mol. The third-order valence-electron chi connectivity index (χ3n) is 8.78. The molecule has 54 heavy (non-hydrogen) atoms. The van der Waals surface area contributed by atoms with Crippen molar-refractivity contribution < 1.29 is 77.8 Å². The summed E-state index contributed by atoms with van der Waals surface area (Å²) < 4.78 is 45.8. The van der Waals surface area contributed by atoms with E-state index in [1.807, 2.05) is 13.8 Å². The Morgan fingerprint density at radius 1 is 0.759 bits per heavy atom. The Morgan fingerprint density at radius 3 is 1.94 bits per heavy atom. The van der Waals surface area contributed by atoms with Gasteiger partial charge in [-0.3, -0.25) is 9.59 Å². The van der Waals surface area contributed by atoms with E-state index in [0.717, 1.165) is 6.42 Å². The SMILES string of the molecule is COCC(C)(C)CCOC(C)(C)CCOC(=O)CCCC(=O)NC1C(OC(C)(C)C)OC(CO)C(O)C1OC1OC(C(=O)O)C(OC(C)(C)C)C(O)C1O. The lowest BCUT2D eigenvalue weighted by atomic mass is 9.91. The molecule has 17 nitrogen and oxygen atoms in total. The first-order valence-electron chi connectivity index (χ1n) is 18.6. The second kappa shape index (κ2) is 20.4. The number of ether oxygens (including phenoxy) is 8. The van der Waals surface area contributed by atoms with E-state index in [9.17, 15) is 39.9 Å². The molecular weight excluding hydrogens is 714 g/mol. The Kier molecular flexibility index (Phi) is 18.2. The van der Waals surface area contributed by atoms with Crippen molar-refractivity contribution in [2.24, 2.45) is 5.41 Å². The Bertz CT molecular complexity index is 1180. The minimum atomic E-state index is -1.86. The monoisotopic (exact) mass is 781 g/mol. The fourth-order valence-corrected chi connectivity index (χ4v) is 5.95. The number of carboxylic acid groups (broad SMARTS) is 1. The summed E-state index contributed by atoms with van der Waals surface area (Å²) in [6, 6.07) is -1.30. The molecule has 0 aromatic heterocycles. The molecular formula is C37H67NO16. The number of rotatable bonds is 20. The number of hydrogen-bond donors (Lipinski definition) is 6. The van der Waals surface area contributed by atoms with Crippen LogP contribution in [0.25, 0.3) is 0 Å². The highest BCUT2D eigenvalue weighted by atomic mass is 16.7. The number of carbonyl (C=O) groups is 3. The molecule has 6 N–H and O–H groups in total. The maximum absolute atomic E-state index is 13.3. The molecule has 0 aromatic rings. The summed E-state index contributed by atoms with van der Waals surface area (Å²) in [6.45, 7) is 18.6. The zero-order valence-corrected chi connectivity index (χ0v) is 33.9. The molecule has 2 aliphatic heterocycles. The van der Waals surface area contributed by atoms with Gasteiger partial charge in [-0.2, -0.15) is 0 Å². The Labute approximate surface area is 319 Å². The maximum atomic E-state index is 13.3. The molecule has 2 heterocycles. The van der Waals surface area contributed by atoms with Crippen LogP contribution in [-0.2, 0) is 52.3 Å². The highest BCUT2D eigenvalue weighted by molar-refractivity contribution is 5.77. The van der Waals surface area contributed by atoms with Gasteiger partial charge >= 0.3 is 11.9 Å². The lowest BCUT2D eigenvalue weighted by molar-refractivity contribution is -0.352. The molecule has 2 rings (SSSR count). The van der Waals surface area contributed by atoms with Gasteiger partial charge < -0.3 is 68.7 Å². The standard InChI is InChI=1S/C37H67NO16/c1-34(2,3)53-29-26(43)27(44)33(52-30(29)31(45)46)51-28-24(32(54-35(4,5)6)50-21(19-39)25(28)42)38-22(40)13-12-14-23(41)48-17-16-37(9,10)49-18-15-36(7,8)20-47-11/h21,24-30,32-33,39,42-44H,12-20H2,1-11H3,(H,38,40)(H,45,46). The van der Waals surface area contributed by atoms with Gasteiger partial charge in [-0.15, -0.1) is 0 Å². The Hall–Kier alpha value is -2.03. The summed E-state index contributed by atoms with van der Waals surface area (Å²) in [5.74, 6) is -2.59. The van der Waals surface area contributed by atoms with Gasteiger partial charge in [0.15, 0.2) is 18.7 Å². The first-order valence-corrected chi connectivity index (χ1v) is 18.6. The smallest absolute Gasteiger partial charge is 0.335 e. The van der Waals surface area contributed by atoms with E-state index in [2.05, 4.69) is 19.2 Å². The second-order valence-corrected chi connectivity index (χ2v) is 17.4. The van der Waals surface area contributed by atoms with Crippen LogP contribution < -0.4 is 5.32 Å². The zero-order chi connectivity index (χ0) is 41.2. The van der Waals surface area contributed by atoms with Crippen LogP contribution in [0, 0.1) is 5.41 Å². The molecule has 0 bridgehead atoms. The molecule has 2 aliphatic rings. The first kappa shape index (κ1) is 48.1. The molecule has 0 spiro atoms. The molecule has 2 saturated heterocycles. The number of amides is 1. The topological polar surface area (TPSA) is 238 Å². The van der Waals surface area contributed by atoms with Gasteiger partial charge in [-0.05, 0) is 73.6 Å². The van der Waals surface area contributed by atoms with Gasteiger partial charge in [-0.1, -0.05) is 13.8 Å². The highest BCUT2D eigenvalue weighted by Crippen LogP contribution is 2.33. The lowest BCUT2D eigenvalue weighted by Crippen LogP contribution is -2.69. The van der Waals surface area contributed by atoms with Gasteiger partial charge in [-0.25, -0.2) is 4.79 Å². The third kappa shape index (κ3) is 15.8. The molecule has 2 fully saturated rings. The van der Waals surface area contributed by atoms with Crippen molar-refractivity contribution in [3.05, 3.63) is 0 Å². The van der Waals surface area contributed by atoms with Crippen molar-refractivity contribution in [3.63, 3.8) is 0 Å². The zero-order valence-electron chi connectivity index (χ0n) is 33.9. The number of carbonyl (C=O) groups excluding carboxylic acids is 2. The summed E-state index contributed by atoms with van der Waals surface area (Å²) in [5.41, 5.74) is -2.34. The summed E-state index contributed by atoms with van der Waals surface area (Å²) in [4.78, 5) is 38.0. The van der Waals surface area contributed by atoms with Crippen molar-refractivity contribution >= 4 is 17.8 Å². The lowest BCUT2D eigenvalue weighted by Gasteiger charge is -2.49. The van der Waals surface area contributed by atoms with E-state index in [-0.39, 0.29) is 31.3 Å². The highest BCUT2D eigenvalue weighted by Gasteiger charge is 2.54. The van der Waals surface area contributed by atoms with Gasteiger partial charge in [0.2, 0.25) is 5.91 Å². The predicted molar refractivity (Wildman–Crippen MR) is 192 cm³/mol. The third-order valence-corrected chi connectivity index (χ3v) is 8.78. The summed E-state index contributed by atoms with van der Waals surface area (Å²) in [7, 11) is 1.66. The summed E-state index contributed by atoms with van der Waals surface area (Å²) in [5, 5.41) is 55.9. The molecule has 0 radical (unpaired) electrons. The van der Waals surface area contributed by atoms with E-state index in [0.29, 0.717) is 19.6 Å². The van der Waals surface area contributed by atoms with Crippen LogP contribution in [0.1, 0.15) is 101 Å². The number of nitrogens with one attached hydrogen (secondary N) is 1. The Morgan fingerprint density at radius 2 is 1.39 bits per heavy atom. The van der Waals surface area contributed by atoms with Crippen LogP contribution in [-0.4, -0.2) is 155 Å². The van der Waals surface area contributed by atoms with Crippen LogP contribution in [0.15, 0.2) is 0 Å². The van der Waals surface area contributed by atoms with Crippen molar-refractivity contribution in [1.29, 1.82) is 0 Å². The number of aliphatic carboxylic acids is 1. The van der Waals surface area contributed by atoms with Crippen LogP contribution in [0.2, 0.25) is 0 Å². The van der Waals surface area contributed by atoms with Crippen molar-refractivity contribution in [2.75, 3.05) is 33.5 Å². The minimum absolute atomic E-state index is 0.0308. The quantitative estimate of drug-likeness (QED) is 0.0958. The first-order chi connectivity index (χ1) is 24.8. The minimum Gasteiger partial charge on any atom is -0.479 e. The number of hydrogen-bond acceptors (Lipinski definition) is 15. The van der Waals surface area contributed by atoms with E-state index in [1.165, 1.54) is 0 Å². The van der Waals surface area contributed by atoms with Crippen LogP contribution >= 0.6 is 0 Å². The molecule has 0 aliphatic carbocycles. The second-order valence-electron chi connectivity index (χ2n) is 17.4. The molecule has 17 heteroatoms. The normalized spacial score (nSPS) is 29.8. The van der Waals surface area contributed by atoms with Crippen molar-refractivity contribution in [1.82, 2.24) is 5.32 Å². The molecule has 10 unspecified atom stereocenters. The number of carboxylic acids is 1. The molecule has 1 amide bonds. The largest absolute Gasteiger partial charge is 0.479 e. The summed E-state index contributed by atoms with van der Waals surface area (Å²) in [6.07, 6.45) is -13.4.